The number of methoxy groups -OCH3 is 1. The maximum absolute atomic E-state index is 12.4. The van der Waals surface area contributed by atoms with Crippen LogP contribution < -0.4 is 10.1 Å². The van der Waals surface area contributed by atoms with Crippen molar-refractivity contribution in [2.75, 3.05) is 26.5 Å². The number of sulfonamides is 1. The van der Waals surface area contributed by atoms with E-state index in [1.54, 1.807) is 0 Å². The molecule has 1 heterocycles. The quantitative estimate of drug-likeness (QED) is 0.758. The highest BCUT2D eigenvalue weighted by molar-refractivity contribution is 7.89. The topological polar surface area (TPSA) is 109 Å². The average molecular weight is 365 g/mol. The van der Waals surface area contributed by atoms with E-state index in [4.69, 9.17) is 4.74 Å². The molecule has 134 valence electrons. The van der Waals surface area contributed by atoms with Gasteiger partial charge in [0.25, 0.3) is 5.91 Å². The Bertz CT molecular complexity index is 916. The van der Waals surface area contributed by atoms with Crippen molar-refractivity contribution in [3.05, 3.63) is 41.7 Å². The lowest BCUT2D eigenvalue weighted by atomic mass is 10.2. The van der Waals surface area contributed by atoms with Gasteiger partial charge < -0.3 is 15.0 Å². The normalized spacial score (nSPS) is 11.4. The van der Waals surface area contributed by atoms with Crippen LogP contribution in [-0.2, 0) is 10.0 Å². The molecule has 9 heteroatoms. The lowest BCUT2D eigenvalue weighted by Gasteiger charge is -2.15. The molecule has 0 unspecified atom stereocenters. The Labute approximate surface area is 145 Å². The van der Waals surface area contributed by atoms with Crippen molar-refractivity contribution in [2.24, 2.45) is 0 Å². The number of hydrogen-bond acceptors (Lipinski definition) is 5. The number of aromatic nitrogens is 1. The van der Waals surface area contributed by atoms with Crippen molar-refractivity contribution in [1.82, 2.24) is 9.29 Å². The van der Waals surface area contributed by atoms with E-state index in [9.17, 15) is 18.0 Å². The average Bonchev–Trinajstić information content (AvgIpc) is 3.05. The Morgan fingerprint density at radius 3 is 2.40 bits per heavy atom. The lowest BCUT2D eigenvalue weighted by Crippen LogP contribution is -2.23. The van der Waals surface area contributed by atoms with Crippen LogP contribution in [-0.4, -0.2) is 50.6 Å². The van der Waals surface area contributed by atoms with Crippen LogP contribution in [0.4, 0.5) is 5.69 Å². The number of benzene rings is 1. The Balaban J connectivity index is 2.34. The number of carbonyl (C=O) groups is 2. The Hall–Kier alpha value is -2.65. The van der Waals surface area contributed by atoms with Crippen LogP contribution in [0.15, 0.2) is 35.4 Å². The van der Waals surface area contributed by atoms with Crippen molar-refractivity contribution >= 4 is 27.4 Å². The van der Waals surface area contributed by atoms with Crippen LogP contribution in [0, 0.1) is 0 Å². The number of Topliss-reactive ketones (excluding diaryl/α,β-unsaturated/α-hetero) is 1. The number of amides is 1. The van der Waals surface area contributed by atoms with Gasteiger partial charge in [0.05, 0.1) is 7.11 Å². The highest BCUT2D eigenvalue weighted by Crippen LogP contribution is 2.29. The fourth-order valence-electron chi connectivity index (χ4n) is 2.08. The van der Waals surface area contributed by atoms with Crippen LogP contribution in [0.25, 0.3) is 0 Å². The standard InChI is InChI=1S/C16H19N3O5S/c1-10(20)11-7-13(17-9-11)16(21)18-12-5-6-14(24-4)15(8-12)25(22,23)19(2)3/h5-9,17H,1-4H3,(H,18,21). The number of anilines is 1. The minimum atomic E-state index is -3.75. The van der Waals surface area contributed by atoms with Gasteiger partial charge in [-0.3, -0.25) is 9.59 Å². The van der Waals surface area contributed by atoms with Gasteiger partial charge in [0.15, 0.2) is 5.78 Å². The van der Waals surface area contributed by atoms with Crippen LogP contribution in [0.5, 0.6) is 5.75 Å². The maximum Gasteiger partial charge on any atom is 0.272 e. The predicted octanol–water partition coefficient (Wildman–Crippen LogP) is 1.73. The summed E-state index contributed by atoms with van der Waals surface area (Å²) in [5.74, 6) is -0.490. The van der Waals surface area contributed by atoms with Crippen molar-refractivity contribution in [2.45, 2.75) is 11.8 Å². The fraction of sp³-hybridized carbons (Fsp3) is 0.250. The fourth-order valence-corrected chi connectivity index (χ4v) is 3.15. The number of ketones is 1. The number of H-pyrrole nitrogens is 1. The molecule has 2 rings (SSSR count). The number of nitrogens with zero attached hydrogens (tertiary/aromatic N) is 1. The molecule has 0 bridgehead atoms. The number of carbonyl (C=O) groups excluding carboxylic acids is 2. The van der Waals surface area contributed by atoms with E-state index in [-0.39, 0.29) is 27.8 Å². The molecular formula is C16H19N3O5S. The zero-order chi connectivity index (χ0) is 18.8. The van der Waals surface area contributed by atoms with Gasteiger partial charge in [-0.15, -0.1) is 0 Å². The molecule has 1 aromatic carbocycles. The molecule has 0 atom stereocenters. The third kappa shape index (κ3) is 3.89. The molecule has 25 heavy (non-hydrogen) atoms. The molecule has 0 aliphatic heterocycles. The summed E-state index contributed by atoms with van der Waals surface area (Å²) >= 11 is 0. The van der Waals surface area contributed by atoms with E-state index in [1.807, 2.05) is 0 Å². The van der Waals surface area contributed by atoms with Gasteiger partial charge in [-0.25, -0.2) is 12.7 Å². The summed E-state index contributed by atoms with van der Waals surface area (Å²) in [5, 5.41) is 2.59. The Kier molecular flexibility index (Phi) is 5.29. The van der Waals surface area contributed by atoms with Crippen LogP contribution >= 0.6 is 0 Å². The van der Waals surface area contributed by atoms with Gasteiger partial charge in [0, 0.05) is 31.5 Å². The van der Waals surface area contributed by atoms with Crippen molar-refractivity contribution in [1.29, 1.82) is 0 Å². The SMILES string of the molecule is COc1ccc(NC(=O)c2cc(C(C)=O)c[nH]2)cc1S(=O)(=O)N(C)C. The summed E-state index contributed by atoms with van der Waals surface area (Å²) in [6.07, 6.45) is 1.44. The molecule has 2 aromatic rings. The first-order valence-electron chi connectivity index (χ1n) is 7.28. The summed E-state index contributed by atoms with van der Waals surface area (Å²) in [6, 6.07) is 5.74. The summed E-state index contributed by atoms with van der Waals surface area (Å²) in [5.41, 5.74) is 0.860. The van der Waals surface area contributed by atoms with E-state index < -0.39 is 15.9 Å². The molecule has 0 aliphatic rings. The molecule has 1 aromatic heterocycles. The summed E-state index contributed by atoms with van der Waals surface area (Å²) in [4.78, 5) is 26.2. The number of hydrogen-bond donors (Lipinski definition) is 2. The third-order valence-electron chi connectivity index (χ3n) is 3.51. The Morgan fingerprint density at radius 1 is 1.20 bits per heavy atom. The van der Waals surface area contributed by atoms with Gasteiger partial charge in [0.2, 0.25) is 10.0 Å². The molecule has 2 N–H and O–H groups in total. The summed E-state index contributed by atoms with van der Waals surface area (Å²) in [6.45, 7) is 1.40. The Morgan fingerprint density at radius 2 is 1.88 bits per heavy atom. The lowest BCUT2D eigenvalue weighted by molar-refractivity contribution is 0.101. The van der Waals surface area contributed by atoms with Gasteiger partial charge >= 0.3 is 0 Å². The molecule has 0 saturated carbocycles. The minimum absolute atomic E-state index is 0.0614. The summed E-state index contributed by atoms with van der Waals surface area (Å²) in [7, 11) is 0.430. The van der Waals surface area contributed by atoms with Crippen LogP contribution in [0.2, 0.25) is 0 Å². The molecule has 0 radical (unpaired) electrons. The van der Waals surface area contributed by atoms with Gasteiger partial charge in [-0.2, -0.15) is 0 Å². The van der Waals surface area contributed by atoms with E-state index in [0.717, 1.165) is 4.31 Å². The second kappa shape index (κ2) is 7.08. The molecule has 8 nitrogen and oxygen atoms in total. The van der Waals surface area contributed by atoms with Crippen LogP contribution in [0.1, 0.15) is 27.8 Å². The second-order valence-electron chi connectivity index (χ2n) is 5.47. The molecule has 0 spiro atoms. The number of ether oxygens (including phenoxy) is 1. The van der Waals surface area contributed by atoms with Gasteiger partial charge in [0.1, 0.15) is 16.3 Å². The molecular weight excluding hydrogens is 346 g/mol. The van der Waals surface area contributed by atoms with E-state index in [2.05, 4.69) is 10.3 Å². The van der Waals surface area contributed by atoms with Gasteiger partial charge in [-0.05, 0) is 31.2 Å². The highest BCUT2D eigenvalue weighted by atomic mass is 32.2. The van der Waals surface area contributed by atoms with Crippen LogP contribution in [0.3, 0.4) is 0 Å². The van der Waals surface area contributed by atoms with E-state index in [1.165, 1.54) is 58.6 Å². The predicted molar refractivity (Wildman–Crippen MR) is 92.6 cm³/mol. The number of nitrogens with one attached hydrogen (secondary N) is 2. The largest absolute Gasteiger partial charge is 0.495 e. The number of rotatable bonds is 6. The van der Waals surface area contributed by atoms with Crippen molar-refractivity contribution in [3.8, 4) is 5.75 Å². The minimum Gasteiger partial charge on any atom is -0.495 e. The molecule has 0 saturated heterocycles. The maximum atomic E-state index is 12.4. The summed E-state index contributed by atoms with van der Waals surface area (Å²) < 4.78 is 30.9. The number of aromatic amines is 1. The van der Waals surface area contributed by atoms with E-state index in [0.29, 0.717) is 5.56 Å². The first-order chi connectivity index (χ1) is 11.7. The van der Waals surface area contributed by atoms with Gasteiger partial charge in [-0.1, -0.05) is 0 Å². The molecule has 0 fully saturated rings. The first kappa shape index (κ1) is 18.7. The smallest absolute Gasteiger partial charge is 0.272 e. The molecule has 1 amide bonds. The monoisotopic (exact) mass is 365 g/mol. The highest BCUT2D eigenvalue weighted by Gasteiger charge is 2.23. The van der Waals surface area contributed by atoms with Crippen molar-refractivity contribution < 1.29 is 22.7 Å². The first-order valence-corrected chi connectivity index (χ1v) is 8.72. The zero-order valence-electron chi connectivity index (χ0n) is 14.3. The van der Waals surface area contributed by atoms with Crippen molar-refractivity contribution in [3.63, 3.8) is 0 Å². The second-order valence-corrected chi connectivity index (χ2v) is 7.59. The van der Waals surface area contributed by atoms with E-state index >= 15 is 0 Å². The zero-order valence-corrected chi connectivity index (χ0v) is 15.1. The third-order valence-corrected chi connectivity index (χ3v) is 5.35. The molecule has 0 aliphatic carbocycles.